The van der Waals surface area contributed by atoms with Gasteiger partial charge in [-0.15, -0.1) is 0 Å². The molecule has 0 aliphatic rings. The topological polar surface area (TPSA) is 107 Å². The molecule has 0 aliphatic carbocycles. The van der Waals surface area contributed by atoms with Gasteiger partial charge in [0, 0.05) is 29.7 Å². The fourth-order valence-corrected chi connectivity index (χ4v) is 3.15. The van der Waals surface area contributed by atoms with Crippen molar-refractivity contribution >= 4 is 24.0 Å². The minimum atomic E-state index is -0.371. The Balaban J connectivity index is 1.73. The molecule has 3 aromatic heterocycles. The lowest BCUT2D eigenvalue weighted by Gasteiger charge is -2.08. The lowest BCUT2D eigenvalue weighted by atomic mass is 10.0. The Kier molecular flexibility index (Phi) is 5.94. The molecular formula is C24H19FN6O. The second-order valence-electron chi connectivity index (χ2n) is 6.93. The maximum atomic E-state index is 13.8. The van der Waals surface area contributed by atoms with Gasteiger partial charge in [0.05, 0.1) is 11.4 Å². The number of halogens is 1. The Labute approximate surface area is 183 Å². The van der Waals surface area contributed by atoms with Crippen molar-refractivity contribution in [3.8, 4) is 22.5 Å². The number of aromatic nitrogens is 4. The zero-order chi connectivity index (χ0) is 22.5. The standard InChI is InChI=1S/C24H19FN6O/c1-15-13-16(7-8-18(15)25)22-23(30-20(29-22)6-4-10-26)17-9-12-28-21(14-17)31-24(32)19-5-2-3-11-27-19/h2-14,26H,1H3,(H,29,30)(H,28,31,32)/b6-4-,26-10?. The van der Waals surface area contributed by atoms with E-state index in [1.54, 1.807) is 73.9 Å². The number of pyridine rings is 2. The molecule has 3 heterocycles. The SMILES string of the molecule is Cc1cc(-c2nc(/C=C\C=N)[nH]c2-c2ccnc(NC(=O)c3ccccn3)c2)ccc1F. The molecule has 32 heavy (non-hydrogen) atoms. The molecule has 1 aromatic carbocycles. The fourth-order valence-electron chi connectivity index (χ4n) is 3.15. The summed E-state index contributed by atoms with van der Waals surface area (Å²) in [6, 6.07) is 13.4. The number of benzene rings is 1. The number of nitrogens with zero attached hydrogens (tertiary/aromatic N) is 3. The van der Waals surface area contributed by atoms with E-state index < -0.39 is 0 Å². The summed E-state index contributed by atoms with van der Waals surface area (Å²) in [4.78, 5) is 28.6. The van der Waals surface area contributed by atoms with Crippen LogP contribution in [0.5, 0.6) is 0 Å². The van der Waals surface area contributed by atoms with E-state index in [1.807, 2.05) is 0 Å². The van der Waals surface area contributed by atoms with Crippen LogP contribution in [-0.2, 0) is 0 Å². The molecule has 3 N–H and O–H groups in total. The van der Waals surface area contributed by atoms with Crippen LogP contribution in [-0.4, -0.2) is 32.1 Å². The number of anilines is 1. The fraction of sp³-hybridized carbons (Fsp3) is 0.0417. The van der Waals surface area contributed by atoms with E-state index in [1.165, 1.54) is 6.07 Å². The number of amides is 1. The molecular weight excluding hydrogens is 407 g/mol. The quantitative estimate of drug-likeness (QED) is 0.381. The lowest BCUT2D eigenvalue weighted by molar-refractivity contribution is 0.102. The summed E-state index contributed by atoms with van der Waals surface area (Å²) in [6.45, 7) is 1.69. The van der Waals surface area contributed by atoms with Gasteiger partial charge in [0.25, 0.3) is 5.91 Å². The number of carbonyl (C=O) groups excluding carboxylic acids is 1. The second kappa shape index (κ2) is 9.13. The van der Waals surface area contributed by atoms with Crippen molar-refractivity contribution in [2.45, 2.75) is 6.92 Å². The van der Waals surface area contributed by atoms with Gasteiger partial charge in [0.15, 0.2) is 0 Å². The highest BCUT2D eigenvalue weighted by atomic mass is 19.1. The first kappa shape index (κ1) is 20.8. The van der Waals surface area contributed by atoms with E-state index in [2.05, 4.69) is 25.3 Å². The Morgan fingerprint density at radius 2 is 1.97 bits per heavy atom. The van der Waals surface area contributed by atoms with Crippen LogP contribution in [0.15, 0.2) is 67.0 Å². The molecule has 7 nitrogen and oxygen atoms in total. The summed E-state index contributed by atoms with van der Waals surface area (Å²) in [5.74, 6) is 0.226. The molecule has 0 unspecified atom stereocenters. The summed E-state index contributed by atoms with van der Waals surface area (Å²) >= 11 is 0. The Morgan fingerprint density at radius 3 is 2.72 bits per heavy atom. The van der Waals surface area contributed by atoms with Crippen molar-refractivity contribution in [3.05, 3.63) is 89.9 Å². The predicted octanol–water partition coefficient (Wildman–Crippen LogP) is 4.90. The van der Waals surface area contributed by atoms with Crippen LogP contribution in [0.2, 0.25) is 0 Å². The van der Waals surface area contributed by atoms with Gasteiger partial charge in [-0.25, -0.2) is 14.4 Å². The molecule has 0 saturated carbocycles. The molecule has 1 amide bonds. The van der Waals surface area contributed by atoms with E-state index in [0.717, 1.165) is 17.3 Å². The first-order chi connectivity index (χ1) is 15.5. The van der Waals surface area contributed by atoms with E-state index in [9.17, 15) is 9.18 Å². The monoisotopic (exact) mass is 426 g/mol. The number of imidazole rings is 1. The van der Waals surface area contributed by atoms with E-state index in [4.69, 9.17) is 5.41 Å². The molecule has 4 rings (SSSR count). The zero-order valence-electron chi connectivity index (χ0n) is 17.1. The molecule has 0 saturated heterocycles. The minimum absolute atomic E-state index is 0.280. The van der Waals surface area contributed by atoms with Gasteiger partial charge in [-0.3, -0.25) is 9.78 Å². The summed E-state index contributed by atoms with van der Waals surface area (Å²) in [5.41, 5.74) is 3.55. The van der Waals surface area contributed by atoms with Crippen molar-refractivity contribution in [2.24, 2.45) is 0 Å². The van der Waals surface area contributed by atoms with Crippen LogP contribution < -0.4 is 5.32 Å². The number of aromatic amines is 1. The molecule has 4 aromatic rings. The van der Waals surface area contributed by atoms with Gasteiger partial charge in [-0.05, 0) is 67.1 Å². The number of hydrogen-bond acceptors (Lipinski definition) is 5. The predicted molar refractivity (Wildman–Crippen MR) is 122 cm³/mol. The third kappa shape index (κ3) is 4.49. The summed E-state index contributed by atoms with van der Waals surface area (Å²) in [5, 5.41) is 9.95. The van der Waals surface area contributed by atoms with E-state index in [0.29, 0.717) is 28.6 Å². The van der Waals surface area contributed by atoms with E-state index in [-0.39, 0.29) is 17.4 Å². The molecule has 0 fully saturated rings. The van der Waals surface area contributed by atoms with Crippen LogP contribution in [0.3, 0.4) is 0 Å². The van der Waals surface area contributed by atoms with Crippen molar-refractivity contribution in [1.29, 1.82) is 5.41 Å². The van der Waals surface area contributed by atoms with Crippen LogP contribution in [0.1, 0.15) is 21.9 Å². The smallest absolute Gasteiger partial charge is 0.275 e. The molecule has 0 bridgehead atoms. The van der Waals surface area contributed by atoms with Crippen LogP contribution >= 0.6 is 0 Å². The first-order valence-corrected chi connectivity index (χ1v) is 9.77. The van der Waals surface area contributed by atoms with Gasteiger partial charge >= 0.3 is 0 Å². The van der Waals surface area contributed by atoms with Crippen molar-refractivity contribution in [2.75, 3.05) is 5.32 Å². The summed E-state index contributed by atoms with van der Waals surface area (Å²) < 4.78 is 13.8. The highest BCUT2D eigenvalue weighted by Crippen LogP contribution is 2.32. The average Bonchev–Trinajstić information content (AvgIpc) is 3.24. The summed E-state index contributed by atoms with van der Waals surface area (Å²) in [7, 11) is 0. The van der Waals surface area contributed by atoms with Crippen LogP contribution in [0.25, 0.3) is 28.6 Å². The largest absolute Gasteiger partial charge is 0.338 e. The lowest BCUT2D eigenvalue weighted by Crippen LogP contribution is -2.14. The molecule has 0 atom stereocenters. The van der Waals surface area contributed by atoms with Gasteiger partial charge in [0.1, 0.15) is 23.2 Å². The highest BCUT2D eigenvalue weighted by molar-refractivity contribution is 6.02. The van der Waals surface area contributed by atoms with Gasteiger partial charge in [-0.2, -0.15) is 0 Å². The third-order valence-electron chi connectivity index (χ3n) is 4.69. The van der Waals surface area contributed by atoms with Gasteiger partial charge in [0.2, 0.25) is 0 Å². The Morgan fingerprint density at radius 1 is 1.09 bits per heavy atom. The molecule has 0 radical (unpaired) electrons. The maximum Gasteiger partial charge on any atom is 0.275 e. The number of carbonyl (C=O) groups is 1. The van der Waals surface area contributed by atoms with Crippen LogP contribution in [0, 0.1) is 18.2 Å². The van der Waals surface area contributed by atoms with Crippen molar-refractivity contribution in [3.63, 3.8) is 0 Å². The Bertz CT molecular complexity index is 1310. The normalized spacial score (nSPS) is 10.9. The zero-order valence-corrected chi connectivity index (χ0v) is 17.1. The Hall–Kier alpha value is -4.46. The maximum absolute atomic E-state index is 13.8. The number of hydrogen-bond donors (Lipinski definition) is 3. The second-order valence-corrected chi connectivity index (χ2v) is 6.93. The van der Waals surface area contributed by atoms with Gasteiger partial charge < -0.3 is 15.7 Å². The molecule has 158 valence electrons. The number of rotatable bonds is 6. The molecule has 8 heteroatoms. The van der Waals surface area contributed by atoms with Crippen LogP contribution in [0.4, 0.5) is 10.2 Å². The average molecular weight is 426 g/mol. The number of allylic oxidation sites excluding steroid dienone is 1. The number of nitrogens with one attached hydrogen (secondary N) is 3. The van der Waals surface area contributed by atoms with Crippen molar-refractivity contribution < 1.29 is 9.18 Å². The van der Waals surface area contributed by atoms with Gasteiger partial charge in [-0.1, -0.05) is 6.07 Å². The summed E-state index contributed by atoms with van der Waals surface area (Å²) in [6.07, 6.45) is 7.50. The molecule has 0 spiro atoms. The first-order valence-electron chi connectivity index (χ1n) is 9.77. The minimum Gasteiger partial charge on any atom is -0.338 e. The third-order valence-corrected chi connectivity index (χ3v) is 4.69. The van der Waals surface area contributed by atoms with Crippen molar-refractivity contribution in [1.82, 2.24) is 19.9 Å². The molecule has 0 aliphatic heterocycles. The van der Waals surface area contributed by atoms with E-state index >= 15 is 0 Å². The number of H-pyrrole nitrogens is 1. The highest BCUT2D eigenvalue weighted by Gasteiger charge is 2.16. The number of aryl methyl sites for hydroxylation is 1.